The quantitative estimate of drug-likeness (QED) is 0.267. The average molecular weight is 219 g/mol. The van der Waals surface area contributed by atoms with Crippen LogP contribution in [0.1, 0.15) is 12.0 Å². The Kier molecular flexibility index (Phi) is 12.6. The number of benzene rings is 1. The molecule has 1 nitrogen and oxygen atoms in total. The van der Waals surface area contributed by atoms with Gasteiger partial charge in [0.15, 0.2) is 0 Å². The minimum absolute atomic E-state index is 0. The number of halogens is 1. The van der Waals surface area contributed by atoms with Gasteiger partial charge in [0.25, 0.3) is 0 Å². The van der Waals surface area contributed by atoms with E-state index in [1.165, 1.54) is 5.56 Å². The van der Waals surface area contributed by atoms with E-state index in [1.54, 1.807) is 0 Å². The molecule has 0 spiro atoms. The maximum Gasteiger partial charge on any atom is 2.00 e. The van der Waals surface area contributed by atoms with E-state index < -0.39 is 0 Å². The molecule has 0 amide bonds. The van der Waals surface area contributed by atoms with Crippen molar-refractivity contribution >= 4 is 23.1 Å². The summed E-state index contributed by atoms with van der Waals surface area (Å²) in [6, 6.07) is 10.00. The van der Waals surface area contributed by atoms with Crippen molar-refractivity contribution in [2.45, 2.75) is 13.0 Å². The second-order valence-electron chi connectivity index (χ2n) is 2.46. The van der Waals surface area contributed by atoms with Gasteiger partial charge in [0.1, 0.15) is 0 Å². The van der Waals surface area contributed by atoms with E-state index >= 15 is 0 Å². The number of ether oxygens (including phenoxy) is 1. The molecule has 0 unspecified atom stereocenters. The van der Waals surface area contributed by atoms with Crippen LogP contribution >= 0.6 is 0 Å². The van der Waals surface area contributed by atoms with Crippen LogP contribution in [0.5, 0.6) is 0 Å². The zero-order chi connectivity index (χ0) is 8.65. The maximum absolute atomic E-state index is 6.66. The van der Waals surface area contributed by atoms with Gasteiger partial charge in [-0.15, -0.1) is 0 Å². The zero-order valence-electron chi connectivity index (χ0n) is 8.00. The van der Waals surface area contributed by atoms with Crippen molar-refractivity contribution in [2.24, 2.45) is 0 Å². The zero-order valence-corrected chi connectivity index (χ0v) is 10.2. The molecule has 0 radical (unpaired) electrons. The summed E-state index contributed by atoms with van der Waals surface area (Å²) in [5.74, 6) is 2.28. The number of hydrogen-bond donors (Lipinski definition) is 0. The van der Waals surface area contributed by atoms with Gasteiger partial charge in [-0.3, -0.25) is 0 Å². The first-order valence-electron chi connectivity index (χ1n) is 3.95. The van der Waals surface area contributed by atoms with Gasteiger partial charge < -0.3 is 29.5 Å². The summed E-state index contributed by atoms with van der Waals surface area (Å²) in [6.07, 6.45) is 7.23. The average Bonchev–Trinajstić information content (AvgIpc) is 2.14. The van der Waals surface area contributed by atoms with E-state index in [9.17, 15) is 0 Å². The summed E-state index contributed by atoms with van der Waals surface area (Å²) in [5, 5.41) is 0. The first-order chi connectivity index (χ1) is 5.93. The SMILES string of the molecule is [C-]#CCCOCc1ccccc1.[Cl-].[Mg+2]. The van der Waals surface area contributed by atoms with Crippen LogP contribution in [-0.2, 0) is 11.3 Å². The van der Waals surface area contributed by atoms with E-state index in [0.29, 0.717) is 19.6 Å². The second kappa shape index (κ2) is 10.9. The Hall–Kier alpha value is -0.204. The van der Waals surface area contributed by atoms with Crippen molar-refractivity contribution in [2.75, 3.05) is 6.61 Å². The predicted molar refractivity (Wildman–Crippen MR) is 53.6 cm³/mol. The molecule has 0 bridgehead atoms. The summed E-state index contributed by atoms with van der Waals surface area (Å²) < 4.78 is 5.28. The smallest absolute Gasteiger partial charge is 1.00 e. The summed E-state index contributed by atoms with van der Waals surface area (Å²) in [4.78, 5) is 0. The van der Waals surface area contributed by atoms with Crippen molar-refractivity contribution in [1.82, 2.24) is 0 Å². The Morgan fingerprint density at radius 2 is 1.86 bits per heavy atom. The van der Waals surface area contributed by atoms with E-state index in [2.05, 4.69) is 5.92 Å². The molecular formula is C11H11ClMgO. The Morgan fingerprint density at radius 1 is 1.21 bits per heavy atom. The number of hydrogen-bond acceptors (Lipinski definition) is 1. The van der Waals surface area contributed by atoms with Gasteiger partial charge in [-0.05, 0) is 12.0 Å². The standard InChI is InChI=1S/C11H11O.ClH.Mg/c1-2-3-9-12-10-11-7-5-4-6-8-11;;/h4-8H,3,9-10H2;1H;/q-1;;+2/p-1. The molecular weight excluding hydrogens is 208 g/mol. The van der Waals surface area contributed by atoms with Crippen LogP contribution in [0.2, 0.25) is 0 Å². The van der Waals surface area contributed by atoms with Crippen LogP contribution in [0.3, 0.4) is 0 Å². The van der Waals surface area contributed by atoms with E-state index in [-0.39, 0.29) is 35.5 Å². The molecule has 0 aliphatic heterocycles. The molecule has 0 heterocycles. The molecule has 14 heavy (non-hydrogen) atoms. The molecule has 0 aliphatic carbocycles. The Bertz CT molecular complexity index is 256. The van der Waals surface area contributed by atoms with E-state index in [1.807, 2.05) is 30.3 Å². The van der Waals surface area contributed by atoms with Crippen LogP contribution < -0.4 is 12.4 Å². The van der Waals surface area contributed by atoms with Gasteiger partial charge in [-0.2, -0.15) is 0 Å². The van der Waals surface area contributed by atoms with Gasteiger partial charge in [-0.25, -0.2) is 0 Å². The first-order valence-corrected chi connectivity index (χ1v) is 3.95. The van der Waals surface area contributed by atoms with Gasteiger partial charge in [-0.1, -0.05) is 30.3 Å². The molecule has 70 valence electrons. The molecule has 0 aliphatic rings. The Morgan fingerprint density at radius 3 is 2.43 bits per heavy atom. The third kappa shape index (κ3) is 7.22. The minimum Gasteiger partial charge on any atom is -1.00 e. The summed E-state index contributed by atoms with van der Waals surface area (Å²) >= 11 is 0. The molecule has 0 atom stereocenters. The number of rotatable bonds is 4. The van der Waals surface area contributed by atoms with E-state index in [0.717, 1.165) is 0 Å². The van der Waals surface area contributed by atoms with Crippen LogP contribution in [-0.4, -0.2) is 29.7 Å². The topological polar surface area (TPSA) is 9.23 Å². The van der Waals surface area contributed by atoms with Crippen molar-refractivity contribution < 1.29 is 17.1 Å². The maximum atomic E-state index is 6.66. The fraction of sp³-hybridized carbons (Fsp3) is 0.273. The fourth-order valence-corrected chi connectivity index (χ4v) is 0.887. The monoisotopic (exact) mass is 218 g/mol. The second-order valence-corrected chi connectivity index (χ2v) is 2.46. The molecule has 0 aromatic heterocycles. The fourth-order valence-electron chi connectivity index (χ4n) is 0.887. The van der Waals surface area contributed by atoms with Gasteiger partial charge in [0.2, 0.25) is 0 Å². The Labute approximate surface area is 108 Å². The minimum atomic E-state index is 0. The Balaban J connectivity index is 0. The molecule has 0 saturated carbocycles. The van der Waals surface area contributed by atoms with E-state index in [4.69, 9.17) is 11.2 Å². The van der Waals surface area contributed by atoms with Crippen molar-refractivity contribution in [3.63, 3.8) is 0 Å². The summed E-state index contributed by atoms with van der Waals surface area (Å²) in [7, 11) is 0. The van der Waals surface area contributed by atoms with Gasteiger partial charge >= 0.3 is 23.1 Å². The van der Waals surface area contributed by atoms with Crippen molar-refractivity contribution in [3.8, 4) is 5.92 Å². The molecule has 1 rings (SSSR count). The molecule has 1 aromatic carbocycles. The molecule has 0 saturated heterocycles. The van der Waals surface area contributed by atoms with Gasteiger partial charge in [0.05, 0.1) is 13.2 Å². The van der Waals surface area contributed by atoms with Crippen LogP contribution in [0, 0.1) is 12.3 Å². The van der Waals surface area contributed by atoms with Crippen molar-refractivity contribution in [3.05, 3.63) is 42.3 Å². The summed E-state index contributed by atoms with van der Waals surface area (Å²) in [5.41, 5.74) is 1.17. The largest absolute Gasteiger partial charge is 2.00 e. The van der Waals surface area contributed by atoms with Gasteiger partial charge in [0, 0.05) is 0 Å². The molecule has 0 N–H and O–H groups in total. The van der Waals surface area contributed by atoms with Crippen LogP contribution in [0.25, 0.3) is 0 Å². The third-order valence-corrected chi connectivity index (χ3v) is 1.48. The molecule has 1 aromatic rings. The normalized spacial score (nSPS) is 7.93. The first kappa shape index (κ1) is 16.2. The third-order valence-electron chi connectivity index (χ3n) is 1.48. The molecule has 0 fully saturated rings. The van der Waals surface area contributed by atoms with Crippen molar-refractivity contribution in [1.29, 1.82) is 0 Å². The molecule has 3 heteroatoms. The summed E-state index contributed by atoms with van der Waals surface area (Å²) in [6.45, 7) is 1.21. The van der Waals surface area contributed by atoms with Crippen LogP contribution in [0.15, 0.2) is 30.3 Å². The van der Waals surface area contributed by atoms with Crippen LogP contribution in [0.4, 0.5) is 0 Å². The predicted octanol–water partition coefficient (Wildman–Crippen LogP) is -1.19.